The number of carbonyl (C=O) groups is 2. The van der Waals surface area contributed by atoms with Crippen LogP contribution in [0.1, 0.15) is 51.5 Å². The van der Waals surface area contributed by atoms with E-state index in [9.17, 15) is 9.59 Å². The van der Waals surface area contributed by atoms with E-state index in [1.54, 1.807) is 0 Å². The first-order valence-electron chi connectivity index (χ1n) is 4.79. The van der Waals surface area contributed by atoms with Gasteiger partial charge < -0.3 is 9.84 Å². The van der Waals surface area contributed by atoms with Gasteiger partial charge in [0.25, 0.3) is 0 Å². The molecule has 0 aliphatic rings. The highest BCUT2D eigenvalue weighted by Crippen LogP contribution is 2.28. The third-order valence-corrected chi connectivity index (χ3v) is 3.35. The highest BCUT2D eigenvalue weighted by atomic mass is 32.1. The molecule has 1 unspecified atom stereocenters. The van der Waals surface area contributed by atoms with Gasteiger partial charge in [-0.1, -0.05) is 6.92 Å². The molecule has 0 radical (unpaired) electrons. The summed E-state index contributed by atoms with van der Waals surface area (Å²) in [6.07, 6.45) is 0.427. The predicted molar refractivity (Wildman–Crippen MR) is 59.1 cm³/mol. The van der Waals surface area contributed by atoms with Crippen LogP contribution in [-0.2, 0) is 4.74 Å². The average molecular weight is 243 g/mol. The van der Waals surface area contributed by atoms with E-state index in [0.717, 1.165) is 11.3 Å². The maximum absolute atomic E-state index is 11.2. The van der Waals surface area contributed by atoms with Crippen LogP contribution in [-0.4, -0.2) is 29.0 Å². The lowest BCUT2D eigenvalue weighted by molar-refractivity contribution is 0.0684. The Hall–Kier alpha value is -1.27. The van der Waals surface area contributed by atoms with Gasteiger partial charge in [0.05, 0.1) is 0 Å². The molecule has 1 atom stereocenters. The second kappa shape index (κ2) is 5.18. The van der Waals surface area contributed by atoms with Crippen molar-refractivity contribution in [2.75, 3.05) is 7.11 Å². The topological polar surface area (TPSA) is 76.5 Å². The van der Waals surface area contributed by atoms with Crippen molar-refractivity contribution in [3.8, 4) is 0 Å². The van der Waals surface area contributed by atoms with Crippen LogP contribution in [0.5, 0.6) is 0 Å². The standard InChI is InChI=1S/C10H13NO4S/c1-4-6(15-3)9-11-7(10(13)14)8(16-9)5(2)12/h6H,4H2,1-3H3,(H,13,14). The summed E-state index contributed by atoms with van der Waals surface area (Å²) in [6.45, 7) is 3.24. The number of hydrogen-bond acceptors (Lipinski definition) is 5. The maximum Gasteiger partial charge on any atom is 0.356 e. The number of nitrogens with zero attached hydrogens (tertiary/aromatic N) is 1. The number of hydrogen-bond donors (Lipinski definition) is 1. The second-order valence-electron chi connectivity index (χ2n) is 3.22. The molecule has 88 valence electrons. The monoisotopic (exact) mass is 243 g/mol. The van der Waals surface area contributed by atoms with E-state index in [4.69, 9.17) is 9.84 Å². The maximum atomic E-state index is 11.2. The van der Waals surface area contributed by atoms with Crippen LogP contribution < -0.4 is 0 Å². The number of ether oxygens (including phenoxy) is 1. The molecule has 0 aromatic carbocycles. The fourth-order valence-corrected chi connectivity index (χ4v) is 2.41. The lowest BCUT2D eigenvalue weighted by atomic mass is 10.2. The number of methoxy groups -OCH3 is 1. The van der Waals surface area contributed by atoms with Crippen molar-refractivity contribution >= 4 is 23.1 Å². The van der Waals surface area contributed by atoms with Crippen LogP contribution in [0.2, 0.25) is 0 Å². The van der Waals surface area contributed by atoms with Gasteiger partial charge in [0.2, 0.25) is 0 Å². The van der Waals surface area contributed by atoms with Crippen molar-refractivity contribution in [1.29, 1.82) is 0 Å². The number of carboxylic acid groups (broad SMARTS) is 1. The Bertz CT molecular complexity index is 377. The third-order valence-electron chi connectivity index (χ3n) is 2.10. The first-order valence-corrected chi connectivity index (χ1v) is 5.60. The van der Waals surface area contributed by atoms with Gasteiger partial charge >= 0.3 is 5.97 Å². The minimum Gasteiger partial charge on any atom is -0.476 e. The van der Waals surface area contributed by atoms with E-state index in [2.05, 4.69) is 4.98 Å². The van der Waals surface area contributed by atoms with E-state index in [0.29, 0.717) is 11.4 Å². The van der Waals surface area contributed by atoms with Crippen molar-refractivity contribution in [3.63, 3.8) is 0 Å². The molecule has 0 bridgehead atoms. The Morgan fingerprint density at radius 1 is 1.56 bits per heavy atom. The molecule has 0 saturated carbocycles. The highest BCUT2D eigenvalue weighted by molar-refractivity contribution is 7.14. The molecular formula is C10H13NO4S. The van der Waals surface area contributed by atoms with Crippen LogP contribution in [0.15, 0.2) is 0 Å². The number of carbonyl (C=O) groups excluding carboxylic acids is 1. The summed E-state index contributed by atoms with van der Waals surface area (Å²) in [6, 6.07) is 0. The number of aromatic carboxylic acids is 1. The SMILES string of the molecule is CCC(OC)c1nc(C(=O)O)c(C(C)=O)s1. The van der Waals surface area contributed by atoms with Gasteiger partial charge in [0, 0.05) is 14.0 Å². The number of Topliss-reactive ketones (excluding diaryl/α,β-unsaturated/α-hetero) is 1. The van der Waals surface area contributed by atoms with Crippen molar-refractivity contribution < 1.29 is 19.4 Å². The summed E-state index contributed by atoms with van der Waals surface area (Å²) >= 11 is 1.09. The van der Waals surface area contributed by atoms with Crippen LogP contribution in [0.25, 0.3) is 0 Å². The molecule has 1 N–H and O–H groups in total. The highest BCUT2D eigenvalue weighted by Gasteiger charge is 2.23. The van der Waals surface area contributed by atoms with E-state index in [1.165, 1.54) is 14.0 Å². The third kappa shape index (κ3) is 2.45. The van der Waals surface area contributed by atoms with Gasteiger partial charge in [-0.3, -0.25) is 4.79 Å². The van der Waals surface area contributed by atoms with Gasteiger partial charge in [-0.25, -0.2) is 9.78 Å². The molecule has 6 heteroatoms. The van der Waals surface area contributed by atoms with Gasteiger partial charge in [0.15, 0.2) is 11.5 Å². The molecule has 1 rings (SSSR count). The van der Waals surface area contributed by atoms with E-state index < -0.39 is 5.97 Å². The molecular weight excluding hydrogens is 230 g/mol. The summed E-state index contributed by atoms with van der Waals surface area (Å²) in [4.78, 5) is 26.3. The molecule has 1 heterocycles. The van der Waals surface area contributed by atoms with Crippen LogP contribution in [0.4, 0.5) is 0 Å². The molecule has 0 spiro atoms. The smallest absolute Gasteiger partial charge is 0.356 e. The van der Waals surface area contributed by atoms with Crippen LogP contribution >= 0.6 is 11.3 Å². The molecule has 0 amide bonds. The summed E-state index contributed by atoms with van der Waals surface area (Å²) in [5.74, 6) is -1.47. The van der Waals surface area contributed by atoms with Crippen LogP contribution in [0, 0.1) is 0 Å². The fraction of sp³-hybridized carbons (Fsp3) is 0.500. The Morgan fingerprint density at radius 3 is 2.50 bits per heavy atom. The molecule has 0 fully saturated rings. The zero-order chi connectivity index (χ0) is 12.3. The quantitative estimate of drug-likeness (QED) is 0.802. The number of thiazole rings is 1. The number of carboxylic acids is 1. The zero-order valence-electron chi connectivity index (χ0n) is 9.31. The molecule has 5 nitrogen and oxygen atoms in total. The van der Waals surface area contributed by atoms with Gasteiger partial charge in [-0.15, -0.1) is 11.3 Å². The molecule has 1 aromatic rings. The summed E-state index contributed by atoms with van der Waals surface area (Å²) in [7, 11) is 1.53. The minimum atomic E-state index is -1.18. The van der Waals surface area contributed by atoms with Crippen molar-refractivity contribution in [3.05, 3.63) is 15.6 Å². The van der Waals surface area contributed by atoms with E-state index in [1.807, 2.05) is 6.92 Å². The van der Waals surface area contributed by atoms with Gasteiger partial charge in [-0.05, 0) is 6.42 Å². The molecule has 0 aliphatic heterocycles. The molecule has 0 aliphatic carbocycles. The summed E-state index contributed by atoms with van der Waals surface area (Å²) in [5, 5.41) is 9.44. The lowest BCUT2D eigenvalue weighted by Gasteiger charge is -2.07. The van der Waals surface area contributed by atoms with Crippen LogP contribution in [0.3, 0.4) is 0 Å². The Kier molecular flexibility index (Phi) is 4.14. The van der Waals surface area contributed by atoms with Crippen molar-refractivity contribution in [2.45, 2.75) is 26.4 Å². The average Bonchev–Trinajstić information content (AvgIpc) is 2.64. The number of ketones is 1. The first-order chi connectivity index (χ1) is 7.51. The largest absolute Gasteiger partial charge is 0.476 e. The molecule has 16 heavy (non-hydrogen) atoms. The Balaban J connectivity index is 3.20. The minimum absolute atomic E-state index is 0.178. The first kappa shape index (κ1) is 12.8. The predicted octanol–water partition coefficient (Wildman–Crippen LogP) is 2.14. The Labute approximate surface area is 97.1 Å². The number of rotatable bonds is 5. The van der Waals surface area contributed by atoms with E-state index >= 15 is 0 Å². The summed E-state index contributed by atoms with van der Waals surface area (Å²) in [5.41, 5.74) is -0.178. The lowest BCUT2D eigenvalue weighted by Crippen LogP contribution is -2.04. The second-order valence-corrected chi connectivity index (χ2v) is 4.25. The molecule has 1 aromatic heterocycles. The molecule has 0 saturated heterocycles. The van der Waals surface area contributed by atoms with Gasteiger partial charge in [0.1, 0.15) is 16.0 Å². The van der Waals surface area contributed by atoms with Crippen molar-refractivity contribution in [1.82, 2.24) is 4.98 Å². The zero-order valence-corrected chi connectivity index (χ0v) is 10.1. The van der Waals surface area contributed by atoms with Gasteiger partial charge in [-0.2, -0.15) is 0 Å². The van der Waals surface area contributed by atoms with E-state index in [-0.39, 0.29) is 22.5 Å². The summed E-state index contributed by atoms with van der Waals surface area (Å²) < 4.78 is 5.16. The van der Waals surface area contributed by atoms with Crippen molar-refractivity contribution in [2.24, 2.45) is 0 Å². The number of aromatic nitrogens is 1. The fourth-order valence-electron chi connectivity index (χ4n) is 1.30. The normalized spacial score (nSPS) is 12.4. The Morgan fingerprint density at radius 2 is 2.19 bits per heavy atom.